The lowest BCUT2D eigenvalue weighted by atomic mass is 10.1. The smallest absolute Gasteiger partial charge is 0.143 e. The fraction of sp³-hybridized carbons (Fsp3) is 0.875. The van der Waals surface area contributed by atoms with Crippen LogP contribution in [0.15, 0.2) is 5.16 Å². The van der Waals surface area contributed by atoms with E-state index in [1.165, 1.54) is 0 Å². The van der Waals surface area contributed by atoms with Crippen molar-refractivity contribution in [1.29, 1.82) is 0 Å². The lowest BCUT2D eigenvalue weighted by Gasteiger charge is -2.19. The summed E-state index contributed by atoms with van der Waals surface area (Å²) in [6, 6.07) is 0. The molecule has 5 N–H and O–H groups in total. The van der Waals surface area contributed by atoms with Crippen molar-refractivity contribution in [2.24, 2.45) is 16.8 Å². The van der Waals surface area contributed by atoms with Crippen LogP contribution >= 0.6 is 0 Å². The molecule has 0 aliphatic heterocycles. The molecular formula is C8H19N3O2. The molecule has 1 atom stereocenters. The molecule has 0 amide bonds. The van der Waals surface area contributed by atoms with E-state index in [0.29, 0.717) is 13.1 Å². The van der Waals surface area contributed by atoms with Gasteiger partial charge < -0.3 is 21.4 Å². The number of rotatable bonds is 5. The van der Waals surface area contributed by atoms with Crippen molar-refractivity contribution in [2.75, 3.05) is 13.1 Å². The van der Waals surface area contributed by atoms with Gasteiger partial charge in [-0.25, -0.2) is 0 Å². The molecule has 0 aromatic rings. The lowest BCUT2D eigenvalue weighted by molar-refractivity contribution is 0.0795. The minimum absolute atomic E-state index is 0.0349. The molecule has 0 spiro atoms. The number of amidine groups is 1. The van der Waals surface area contributed by atoms with E-state index in [1.54, 1.807) is 13.8 Å². The molecule has 0 aliphatic rings. The van der Waals surface area contributed by atoms with Gasteiger partial charge in [-0.2, -0.15) is 0 Å². The Balaban J connectivity index is 3.66. The summed E-state index contributed by atoms with van der Waals surface area (Å²) in [4.78, 5) is 0. The van der Waals surface area contributed by atoms with Crippen molar-refractivity contribution in [1.82, 2.24) is 5.32 Å². The van der Waals surface area contributed by atoms with E-state index < -0.39 is 5.60 Å². The maximum atomic E-state index is 9.35. The number of nitrogens with two attached hydrogens (primary N) is 1. The Labute approximate surface area is 78.6 Å². The molecule has 1 unspecified atom stereocenters. The predicted octanol–water partition coefficient (Wildman–Crippen LogP) is -0.271. The zero-order valence-corrected chi connectivity index (χ0v) is 8.41. The quantitative estimate of drug-likeness (QED) is 0.207. The van der Waals surface area contributed by atoms with Crippen molar-refractivity contribution in [2.45, 2.75) is 26.4 Å². The number of nitrogens with one attached hydrogen (secondary N) is 1. The van der Waals surface area contributed by atoms with E-state index >= 15 is 0 Å². The minimum Gasteiger partial charge on any atom is -0.409 e. The highest BCUT2D eigenvalue weighted by atomic mass is 16.4. The van der Waals surface area contributed by atoms with Gasteiger partial charge in [0.25, 0.3) is 0 Å². The van der Waals surface area contributed by atoms with Gasteiger partial charge in [-0.15, -0.1) is 0 Å². The first kappa shape index (κ1) is 12.2. The average molecular weight is 189 g/mol. The Morgan fingerprint density at radius 1 is 1.62 bits per heavy atom. The summed E-state index contributed by atoms with van der Waals surface area (Å²) < 4.78 is 0. The fourth-order valence-electron chi connectivity index (χ4n) is 0.798. The highest BCUT2D eigenvalue weighted by molar-refractivity contribution is 5.82. The van der Waals surface area contributed by atoms with Gasteiger partial charge in [0, 0.05) is 19.0 Å². The molecule has 78 valence electrons. The van der Waals surface area contributed by atoms with Crippen molar-refractivity contribution in [3.8, 4) is 0 Å². The molecule has 0 heterocycles. The highest BCUT2D eigenvalue weighted by Crippen LogP contribution is 1.98. The predicted molar refractivity (Wildman–Crippen MR) is 51.7 cm³/mol. The summed E-state index contributed by atoms with van der Waals surface area (Å²) in [6.45, 7) is 6.34. The largest absolute Gasteiger partial charge is 0.409 e. The topological polar surface area (TPSA) is 90.9 Å². The Hall–Kier alpha value is -0.810. The standard InChI is InChI=1S/C8H19N3O2/c1-6(7(9)11-13)4-10-5-8(2,3)12/h6,10,12-13H,4-5H2,1-3H3,(H2,9,11). The van der Waals surface area contributed by atoms with E-state index in [1.807, 2.05) is 6.92 Å². The van der Waals surface area contributed by atoms with Gasteiger partial charge in [0.2, 0.25) is 0 Å². The van der Waals surface area contributed by atoms with Crippen LogP contribution in [0.5, 0.6) is 0 Å². The first-order valence-electron chi connectivity index (χ1n) is 4.27. The third-order valence-electron chi connectivity index (χ3n) is 1.63. The molecule has 0 aromatic carbocycles. The van der Waals surface area contributed by atoms with Crippen LogP contribution in [0, 0.1) is 5.92 Å². The van der Waals surface area contributed by atoms with Crippen molar-refractivity contribution < 1.29 is 10.3 Å². The molecule has 0 aliphatic carbocycles. The summed E-state index contributed by atoms with van der Waals surface area (Å²) in [5, 5.41) is 23.6. The molecule has 0 radical (unpaired) electrons. The van der Waals surface area contributed by atoms with Gasteiger partial charge in [-0.3, -0.25) is 0 Å². The maximum absolute atomic E-state index is 9.35. The highest BCUT2D eigenvalue weighted by Gasteiger charge is 2.13. The number of hydrogen-bond donors (Lipinski definition) is 4. The second kappa shape index (κ2) is 5.04. The zero-order chi connectivity index (χ0) is 10.5. The zero-order valence-electron chi connectivity index (χ0n) is 8.41. The molecule has 0 rings (SSSR count). The molecule has 5 nitrogen and oxygen atoms in total. The van der Waals surface area contributed by atoms with Crippen LogP contribution in [0.4, 0.5) is 0 Å². The lowest BCUT2D eigenvalue weighted by Crippen LogP contribution is -2.39. The van der Waals surface area contributed by atoms with Crippen LogP contribution in [-0.4, -0.2) is 34.8 Å². The number of aliphatic hydroxyl groups is 1. The number of hydrogen-bond acceptors (Lipinski definition) is 4. The SMILES string of the molecule is CC(CNCC(C)(C)O)C(N)=NO. The first-order valence-corrected chi connectivity index (χ1v) is 4.27. The maximum Gasteiger partial charge on any atom is 0.143 e. The molecular weight excluding hydrogens is 170 g/mol. The van der Waals surface area contributed by atoms with Gasteiger partial charge in [-0.1, -0.05) is 12.1 Å². The van der Waals surface area contributed by atoms with Gasteiger partial charge in [0.1, 0.15) is 5.84 Å². The molecule has 13 heavy (non-hydrogen) atoms. The third-order valence-corrected chi connectivity index (χ3v) is 1.63. The van der Waals surface area contributed by atoms with E-state index in [-0.39, 0.29) is 11.8 Å². The van der Waals surface area contributed by atoms with Crippen LogP contribution in [0.1, 0.15) is 20.8 Å². The second-order valence-corrected chi connectivity index (χ2v) is 3.87. The van der Waals surface area contributed by atoms with Crippen LogP contribution in [-0.2, 0) is 0 Å². The summed E-state index contributed by atoms with van der Waals surface area (Å²) in [5.74, 6) is 0.163. The van der Waals surface area contributed by atoms with Crippen molar-refractivity contribution >= 4 is 5.84 Å². The molecule has 0 saturated heterocycles. The first-order chi connectivity index (χ1) is 5.87. The van der Waals surface area contributed by atoms with Crippen LogP contribution in [0.3, 0.4) is 0 Å². The van der Waals surface area contributed by atoms with Gasteiger partial charge >= 0.3 is 0 Å². The summed E-state index contributed by atoms with van der Waals surface area (Å²) >= 11 is 0. The van der Waals surface area contributed by atoms with E-state index in [4.69, 9.17) is 10.9 Å². The van der Waals surface area contributed by atoms with Gasteiger partial charge in [0.05, 0.1) is 5.60 Å². The summed E-state index contributed by atoms with van der Waals surface area (Å²) in [5.41, 5.74) is 4.63. The second-order valence-electron chi connectivity index (χ2n) is 3.87. The van der Waals surface area contributed by atoms with Gasteiger partial charge in [0.15, 0.2) is 0 Å². The van der Waals surface area contributed by atoms with E-state index in [9.17, 15) is 5.11 Å². The third kappa shape index (κ3) is 6.36. The Bertz CT molecular complexity index is 175. The van der Waals surface area contributed by atoms with E-state index in [2.05, 4.69) is 10.5 Å². The summed E-state index contributed by atoms with van der Waals surface area (Å²) in [7, 11) is 0. The van der Waals surface area contributed by atoms with E-state index in [0.717, 1.165) is 0 Å². The minimum atomic E-state index is -0.731. The molecule has 5 heteroatoms. The Morgan fingerprint density at radius 3 is 2.54 bits per heavy atom. The van der Waals surface area contributed by atoms with Crippen LogP contribution in [0.25, 0.3) is 0 Å². The number of oxime groups is 1. The molecule has 0 fully saturated rings. The van der Waals surface area contributed by atoms with Crippen molar-refractivity contribution in [3.63, 3.8) is 0 Å². The monoisotopic (exact) mass is 189 g/mol. The molecule has 0 bridgehead atoms. The summed E-state index contributed by atoms with van der Waals surface area (Å²) in [6.07, 6.45) is 0. The molecule has 0 saturated carbocycles. The van der Waals surface area contributed by atoms with Crippen LogP contribution < -0.4 is 11.1 Å². The number of nitrogens with zero attached hydrogens (tertiary/aromatic N) is 1. The average Bonchev–Trinajstić information content (AvgIpc) is 2.00. The van der Waals surface area contributed by atoms with Gasteiger partial charge in [-0.05, 0) is 13.8 Å². The fourth-order valence-corrected chi connectivity index (χ4v) is 0.798. The Morgan fingerprint density at radius 2 is 2.15 bits per heavy atom. The molecule has 0 aromatic heterocycles. The van der Waals surface area contributed by atoms with Crippen LogP contribution in [0.2, 0.25) is 0 Å². The normalized spacial score (nSPS) is 15.8. The Kier molecular flexibility index (Phi) is 4.72. The van der Waals surface area contributed by atoms with Crippen molar-refractivity contribution in [3.05, 3.63) is 0 Å².